The van der Waals surface area contributed by atoms with Crippen LogP contribution in [0, 0.1) is 0 Å². The molecule has 0 saturated carbocycles. The lowest BCUT2D eigenvalue weighted by Crippen LogP contribution is -1.80. The van der Waals surface area contributed by atoms with Gasteiger partial charge in [0.2, 0.25) is 0 Å². The van der Waals surface area contributed by atoms with E-state index in [-0.39, 0.29) is 0 Å². The third kappa shape index (κ3) is 2.80. The molecule has 56 valence electrons. The molecule has 0 heterocycles. The summed E-state index contributed by atoms with van der Waals surface area (Å²) in [5.74, 6) is 0. The first-order valence-electron chi connectivity index (χ1n) is 3.54. The molecule has 0 bridgehead atoms. The minimum absolute atomic E-state index is 0.564. The van der Waals surface area contributed by atoms with Gasteiger partial charge in [-0.2, -0.15) is 0 Å². The summed E-state index contributed by atoms with van der Waals surface area (Å²) in [5, 5.41) is 0. The third-order valence-electron chi connectivity index (χ3n) is 1.23. The second-order valence-corrected chi connectivity index (χ2v) is 2.15. The van der Waals surface area contributed by atoms with Crippen molar-refractivity contribution in [2.75, 3.05) is 6.61 Å². The fourth-order valence-corrected chi connectivity index (χ4v) is 0.744. The molecule has 0 aromatic heterocycles. The van der Waals surface area contributed by atoms with E-state index in [2.05, 4.69) is 6.58 Å². The van der Waals surface area contributed by atoms with Gasteiger partial charge in [0.05, 0.1) is 5.56 Å². The van der Waals surface area contributed by atoms with Crippen molar-refractivity contribution in [2.45, 2.75) is 0 Å². The van der Waals surface area contributed by atoms with Crippen LogP contribution in [0.15, 0.2) is 43.0 Å². The van der Waals surface area contributed by atoms with Crippen molar-refractivity contribution in [3.63, 3.8) is 0 Å². The molecule has 0 aliphatic rings. The van der Waals surface area contributed by atoms with Gasteiger partial charge in [-0.15, -0.1) is 0 Å². The van der Waals surface area contributed by atoms with Crippen LogP contribution in [0.4, 0.5) is 0 Å². The molecule has 1 nitrogen and oxygen atoms in total. The molecule has 1 heteroatoms. The first-order chi connectivity index (χ1) is 5.43. The highest BCUT2D eigenvalue weighted by Gasteiger charge is 1.90. The van der Waals surface area contributed by atoms with Crippen LogP contribution >= 0.6 is 0 Å². The molecule has 0 aliphatic heterocycles. The Labute approximate surface area is 66.7 Å². The number of aldehydes is 1. The Morgan fingerprint density at radius 3 is 2.64 bits per heavy atom. The molecule has 0 aliphatic carbocycles. The van der Waals surface area contributed by atoms with Gasteiger partial charge in [0.15, 0.2) is 0 Å². The van der Waals surface area contributed by atoms with E-state index in [9.17, 15) is 0 Å². The van der Waals surface area contributed by atoms with Crippen molar-refractivity contribution in [1.29, 1.82) is 0 Å². The summed E-state index contributed by atoms with van der Waals surface area (Å²) in [6.07, 6.45) is 3.45. The van der Waals surface area contributed by atoms with Crippen LogP contribution in [-0.4, -0.2) is 12.9 Å². The summed E-state index contributed by atoms with van der Waals surface area (Å²) in [4.78, 5) is 0. The fourth-order valence-electron chi connectivity index (χ4n) is 0.744. The Morgan fingerprint density at radius 2 is 2.00 bits per heavy atom. The zero-order valence-corrected chi connectivity index (χ0v) is 6.36. The molecule has 1 rings (SSSR count). The summed E-state index contributed by atoms with van der Waals surface area (Å²) in [6, 6.07) is 9.91. The summed E-state index contributed by atoms with van der Waals surface area (Å²) < 4.78 is 5.13. The van der Waals surface area contributed by atoms with E-state index < -0.39 is 0 Å². The quantitative estimate of drug-likeness (QED) is 0.353. The van der Waals surface area contributed by atoms with Crippen LogP contribution in [0.3, 0.4) is 0 Å². The average Bonchev–Trinajstić information content (AvgIpc) is 2.07. The van der Waals surface area contributed by atoms with Gasteiger partial charge in [-0.1, -0.05) is 24.8 Å². The summed E-state index contributed by atoms with van der Waals surface area (Å²) in [6.45, 7) is 4.11. The Hall–Kier alpha value is -1.37. The van der Waals surface area contributed by atoms with Gasteiger partial charge in [-0.25, -0.2) is 0 Å². The van der Waals surface area contributed by atoms with E-state index in [0.717, 1.165) is 5.56 Å². The Kier molecular flexibility index (Phi) is 3.13. The van der Waals surface area contributed by atoms with E-state index in [4.69, 9.17) is 4.42 Å². The van der Waals surface area contributed by atoms with Crippen molar-refractivity contribution >= 4 is 6.29 Å². The van der Waals surface area contributed by atoms with E-state index >= 15 is 0 Å². The number of rotatable bonds is 3. The molecule has 0 amide bonds. The van der Waals surface area contributed by atoms with Gasteiger partial charge in [0.1, 0.15) is 0 Å². The molecule has 0 N–H and O–H groups in total. The Morgan fingerprint density at radius 1 is 1.27 bits per heavy atom. The first-order valence-corrected chi connectivity index (χ1v) is 3.54. The molecular weight excluding hydrogens is 136 g/mol. The molecule has 0 unspecified atom stereocenters. The number of carbonyl (C=O) groups excluding carboxylic acids is 1. The molecule has 1 aromatic rings. The van der Waals surface area contributed by atoms with Crippen LogP contribution in [0.1, 0.15) is 9.99 Å². The highest BCUT2D eigenvalue weighted by molar-refractivity contribution is 5.74. The second kappa shape index (κ2) is 4.45. The molecule has 0 fully saturated rings. The number of hydrogen-bond acceptors (Lipinski definition) is 0. The van der Waals surface area contributed by atoms with Gasteiger partial charge in [-0.3, -0.25) is 4.42 Å². The summed E-state index contributed by atoms with van der Waals surface area (Å²) in [5.41, 5.74) is 1.08. The lowest BCUT2D eigenvalue weighted by molar-refractivity contribution is -0.246. The van der Waals surface area contributed by atoms with E-state index in [1.807, 2.05) is 30.3 Å². The smallest absolute Gasteiger partial charge is 0.257 e. The van der Waals surface area contributed by atoms with Crippen LogP contribution in [0.5, 0.6) is 0 Å². The maximum atomic E-state index is 5.13. The van der Waals surface area contributed by atoms with Crippen LogP contribution in [0.25, 0.3) is 0 Å². The predicted molar refractivity (Wildman–Crippen MR) is 46.9 cm³/mol. The zero-order valence-electron chi connectivity index (χ0n) is 6.36. The molecule has 0 atom stereocenters. The van der Waals surface area contributed by atoms with Crippen molar-refractivity contribution in [1.82, 2.24) is 0 Å². The minimum atomic E-state index is 0.564. The lowest BCUT2D eigenvalue weighted by atomic mass is 10.2. The summed E-state index contributed by atoms with van der Waals surface area (Å²) >= 11 is 0. The normalized spacial score (nSPS) is 10.2. The van der Waals surface area contributed by atoms with Gasteiger partial charge in [0, 0.05) is 6.08 Å². The van der Waals surface area contributed by atoms with E-state index in [1.165, 1.54) is 0 Å². The zero-order chi connectivity index (χ0) is 7.94. The highest BCUT2D eigenvalue weighted by atomic mass is 16.4. The fraction of sp³-hybridized carbons (Fsp3) is 0.100. The van der Waals surface area contributed by atoms with Gasteiger partial charge in [0.25, 0.3) is 6.61 Å². The van der Waals surface area contributed by atoms with Crippen molar-refractivity contribution in [2.24, 2.45) is 0 Å². The molecule has 11 heavy (non-hydrogen) atoms. The van der Waals surface area contributed by atoms with Crippen LogP contribution in [0.2, 0.25) is 0 Å². The molecule has 1 aromatic carbocycles. The summed E-state index contributed by atoms with van der Waals surface area (Å²) in [7, 11) is 0. The predicted octanol–water partition coefficient (Wildman–Crippen LogP) is 2.22. The largest absolute Gasteiger partial charge is 0.316 e. The lowest BCUT2D eigenvalue weighted by Gasteiger charge is -1.81. The standard InChI is InChI=1S/C10H11O/c1-2-8-11-9-10-6-4-3-5-7-10/h2-7,9H,1,8H2/q+1. The Bertz CT molecular complexity index is 236. The topological polar surface area (TPSA) is 11.3 Å². The molecule has 0 saturated heterocycles. The van der Waals surface area contributed by atoms with Crippen LogP contribution in [-0.2, 0) is 0 Å². The van der Waals surface area contributed by atoms with Gasteiger partial charge >= 0.3 is 6.29 Å². The van der Waals surface area contributed by atoms with Crippen molar-refractivity contribution in [3.8, 4) is 0 Å². The van der Waals surface area contributed by atoms with Gasteiger partial charge in [-0.05, 0) is 12.1 Å². The van der Waals surface area contributed by atoms with Crippen molar-refractivity contribution in [3.05, 3.63) is 48.6 Å². The second-order valence-electron chi connectivity index (χ2n) is 2.15. The maximum absolute atomic E-state index is 5.13. The number of hydrogen-bond donors (Lipinski definition) is 0. The first kappa shape index (κ1) is 7.73. The molecule has 0 spiro atoms. The monoisotopic (exact) mass is 147 g/mol. The highest BCUT2D eigenvalue weighted by Crippen LogP contribution is 1.93. The van der Waals surface area contributed by atoms with Gasteiger partial charge < -0.3 is 0 Å². The number of benzene rings is 1. The SMILES string of the molecule is C=CC[O+]=Cc1ccccc1. The minimum Gasteiger partial charge on any atom is -0.257 e. The molecular formula is C10H11O+. The molecule has 0 radical (unpaired) electrons. The Balaban J connectivity index is 2.57. The van der Waals surface area contributed by atoms with Crippen LogP contribution < -0.4 is 0 Å². The van der Waals surface area contributed by atoms with E-state index in [1.54, 1.807) is 12.4 Å². The third-order valence-corrected chi connectivity index (χ3v) is 1.23. The van der Waals surface area contributed by atoms with E-state index in [0.29, 0.717) is 6.61 Å². The van der Waals surface area contributed by atoms with Crippen molar-refractivity contribution < 1.29 is 4.42 Å². The maximum Gasteiger partial charge on any atom is 0.316 e. The average molecular weight is 147 g/mol.